The Labute approximate surface area is 877 Å². The van der Waals surface area contributed by atoms with Gasteiger partial charge in [-0.25, -0.2) is 33.7 Å². The summed E-state index contributed by atoms with van der Waals surface area (Å²) in [5.41, 5.74) is 9.88. The summed E-state index contributed by atoms with van der Waals surface area (Å²) >= 11 is 12.0. The van der Waals surface area contributed by atoms with Crippen molar-refractivity contribution in [2.75, 3.05) is 140 Å². The van der Waals surface area contributed by atoms with Crippen molar-refractivity contribution in [1.29, 1.82) is 0 Å². The van der Waals surface area contributed by atoms with E-state index in [2.05, 4.69) is 31.9 Å². The van der Waals surface area contributed by atoms with E-state index in [1.54, 1.807) is 131 Å². The van der Waals surface area contributed by atoms with Gasteiger partial charge in [0, 0.05) is 198 Å². The lowest BCUT2D eigenvalue weighted by molar-refractivity contribution is -0.123. The highest BCUT2D eigenvalue weighted by Gasteiger charge is 2.46. The van der Waals surface area contributed by atoms with Crippen molar-refractivity contribution in [3.05, 3.63) is 226 Å². The second kappa shape index (κ2) is 46.3. The van der Waals surface area contributed by atoms with Crippen LogP contribution in [0.1, 0.15) is 166 Å². The molecule has 145 heavy (non-hydrogen) atoms. The van der Waals surface area contributed by atoms with Crippen LogP contribution in [0.15, 0.2) is 193 Å². The predicted octanol–water partition coefficient (Wildman–Crippen LogP) is 18.7. The molecule has 8 aliphatic heterocycles. The van der Waals surface area contributed by atoms with Crippen LogP contribution in [0, 0.1) is 12.8 Å². The summed E-state index contributed by atoms with van der Waals surface area (Å²) in [6, 6.07) is 41.2. The van der Waals surface area contributed by atoms with E-state index in [-0.39, 0.29) is 97.5 Å². The van der Waals surface area contributed by atoms with Crippen LogP contribution in [0.5, 0.6) is 5.75 Å². The Morgan fingerprint density at radius 2 is 0.710 bits per heavy atom. The van der Waals surface area contributed by atoms with Gasteiger partial charge in [0.2, 0.25) is 0 Å². The molecule has 4 unspecified atom stereocenters. The molecule has 4 amide bonds. The summed E-state index contributed by atoms with van der Waals surface area (Å²) in [7, 11) is -6.66. The first kappa shape index (κ1) is 107. The number of ketones is 4. The molecule has 4 fully saturated rings. The highest BCUT2D eigenvalue weighted by atomic mass is 79.9. The van der Waals surface area contributed by atoms with Crippen molar-refractivity contribution in [1.82, 2.24) is 17.2 Å². The fourth-order valence-electron chi connectivity index (χ4n) is 21.3. The van der Waals surface area contributed by atoms with Crippen molar-refractivity contribution in [2.45, 2.75) is 164 Å². The number of anilines is 4. The molecular formula is C106H114Br2N8O21S8. The Morgan fingerprint density at radius 1 is 0.366 bits per heavy atom. The fraction of sp³-hybridized carbons (Fsp3) is 0.396. The Hall–Kier alpha value is -9.60. The molecule has 4 aromatic heterocycles. The minimum Gasteiger partial charge on any atom is -0.495 e. The van der Waals surface area contributed by atoms with Crippen molar-refractivity contribution in [3.63, 3.8) is 0 Å². The number of thiophene rings is 4. The maximum Gasteiger partial charge on any atom is 0.259 e. The van der Waals surface area contributed by atoms with E-state index in [9.17, 15) is 72.0 Å². The number of amides is 4. The molecule has 0 radical (unpaired) electrons. The quantitative estimate of drug-likeness (QED) is 0.0326. The van der Waals surface area contributed by atoms with Gasteiger partial charge < -0.3 is 43.3 Å². The van der Waals surface area contributed by atoms with Crippen molar-refractivity contribution < 1.29 is 95.7 Å². The topological polar surface area (TPSA) is 345 Å². The van der Waals surface area contributed by atoms with Gasteiger partial charge in [-0.2, -0.15) is 17.2 Å². The van der Waals surface area contributed by atoms with Crippen LogP contribution in [0.3, 0.4) is 0 Å². The summed E-state index contributed by atoms with van der Waals surface area (Å²) in [5.74, 6) is -0.411. The van der Waals surface area contributed by atoms with Crippen LogP contribution >= 0.6 is 77.2 Å². The van der Waals surface area contributed by atoms with E-state index >= 15 is 0 Å². The van der Waals surface area contributed by atoms with Gasteiger partial charge in [-0.1, -0.05) is 92.1 Å². The predicted molar refractivity (Wildman–Crippen MR) is 573 cm³/mol. The number of aryl methyl sites for hydroxylation is 1. The Morgan fingerprint density at radius 3 is 1.10 bits per heavy atom. The van der Waals surface area contributed by atoms with E-state index in [0.29, 0.717) is 162 Å². The molecule has 8 aromatic carbocycles. The number of hydrogen-bond donors (Lipinski definition) is 0. The van der Waals surface area contributed by atoms with Gasteiger partial charge in [0.05, 0.1) is 48.0 Å². The third-order valence-electron chi connectivity index (χ3n) is 28.2. The van der Waals surface area contributed by atoms with E-state index in [0.717, 1.165) is 160 Å². The molecule has 0 aliphatic carbocycles. The van der Waals surface area contributed by atoms with E-state index in [1.807, 2.05) is 97.9 Å². The smallest absolute Gasteiger partial charge is 0.259 e. The number of carbonyl (C=O) groups excluding carboxylic acids is 8. The molecular weight excluding hydrogens is 2140 g/mol. The number of methoxy groups -OCH3 is 5. The molecule has 20 rings (SSSR count). The lowest BCUT2D eigenvalue weighted by atomic mass is 9.89. The molecule has 8 aliphatic rings. The molecule has 29 nitrogen and oxygen atoms in total. The number of hydrogen-bond acceptors (Lipinski definition) is 25. The largest absolute Gasteiger partial charge is 0.495 e. The summed E-state index contributed by atoms with van der Waals surface area (Å²) in [4.78, 5) is 114. The van der Waals surface area contributed by atoms with Gasteiger partial charge in [-0.3, -0.25) is 38.4 Å². The van der Waals surface area contributed by atoms with Gasteiger partial charge in [0.15, 0.2) is 17.3 Å². The third kappa shape index (κ3) is 21.5. The zero-order valence-corrected chi connectivity index (χ0v) is 91.0. The standard InChI is InChI=1S/C27H30N2O6S2.C27H30N2O5S2.2C26H27BrN2O5S2/c1-34-14-7-12-28-26-23(35-2)17-18(19-8-5-9-20(25(19)26)27(28)31)16-22(30)21-10-3-4-13-29(21)37(32,33)24-11-6-15-36-24;1-18-16-23-26-19(8-5-9-20(26)27(31)28(23)12-7-14-34-2)21(18)17-24(30)22-10-3-4-13-29(22)36(32,33)25-11-6-15-35-25;1-34-12-5-11-29-25-21(27)14-18(19-7-2-8-20(24(19)25)26(29)31)15-22(30)17-6-3-10-28(16-17)36(32,33)23-9-4-13-35-23;1-34-13-6-11-28-25-20(27)15-17(18-7-4-8-19(24(18)25)26(28)31)16-22(30)21-9-2-3-12-29(21)36(32,33)23-10-5-14-35-23/h5-6,8-9,11,15,17,21H,3-4,7,10,12-14,16H2,1-2H3;5-6,8-9,11,15-16,22H,3-4,7,10,12-14,17H2,1-2H3;2,4,7-9,13-14,17H,3,5-6,10-12,15-16H2,1H3;4-5,7-8,10,14-15,21H,2-3,6,9,11-13,16H2,1H3. The molecule has 0 N–H and O–H groups in total. The number of carbonyl (C=O) groups is 8. The summed E-state index contributed by atoms with van der Waals surface area (Å²) < 4.78 is 140. The first-order chi connectivity index (χ1) is 69.9. The number of ether oxygens (including phenoxy) is 5. The minimum atomic E-state index is -3.74. The van der Waals surface area contributed by atoms with Crippen molar-refractivity contribution in [2.24, 2.45) is 5.92 Å². The number of nitrogens with zero attached hydrogens (tertiary/aromatic N) is 8. The maximum atomic E-state index is 13.7. The zero-order chi connectivity index (χ0) is 103. The van der Waals surface area contributed by atoms with Crippen LogP contribution in [-0.4, -0.2) is 237 Å². The average molecular weight is 2250 g/mol. The number of benzene rings is 8. The molecule has 4 saturated heterocycles. The Kier molecular flexibility index (Phi) is 34.0. The number of halogens is 2. The van der Waals surface area contributed by atoms with Crippen molar-refractivity contribution in [3.8, 4) is 5.75 Å². The summed E-state index contributed by atoms with van der Waals surface area (Å²) in [6.45, 7) is 7.96. The summed E-state index contributed by atoms with van der Waals surface area (Å²) in [6.07, 6.45) is 10.8. The number of rotatable bonds is 37. The molecule has 12 heterocycles. The molecule has 4 atom stereocenters. The summed E-state index contributed by atoms with van der Waals surface area (Å²) in [5, 5.41) is 13.7. The lowest BCUT2D eigenvalue weighted by Crippen LogP contribution is -2.48. The second-order valence-corrected chi connectivity index (χ2v) is 51.0. The monoisotopic (exact) mass is 2250 g/mol. The zero-order valence-electron chi connectivity index (χ0n) is 81.3. The van der Waals surface area contributed by atoms with E-state index < -0.39 is 58.2 Å². The number of Topliss-reactive ketones (excluding diaryl/α,β-unsaturated/α-hetero) is 4. The number of sulfonamides is 4. The van der Waals surface area contributed by atoms with Gasteiger partial charge in [0.1, 0.15) is 28.4 Å². The normalized spacial score (nSPS) is 18.3. The van der Waals surface area contributed by atoms with Gasteiger partial charge in [-0.15, -0.1) is 45.3 Å². The Balaban J connectivity index is 0.000000132. The van der Waals surface area contributed by atoms with Gasteiger partial charge in [-0.05, 0) is 260 Å². The highest BCUT2D eigenvalue weighted by molar-refractivity contribution is 9.11. The van der Waals surface area contributed by atoms with Crippen LogP contribution in [0.4, 0.5) is 22.7 Å². The van der Waals surface area contributed by atoms with Gasteiger partial charge in [0.25, 0.3) is 63.7 Å². The molecule has 0 saturated carbocycles. The lowest BCUT2D eigenvalue weighted by Gasteiger charge is -2.33. The van der Waals surface area contributed by atoms with E-state index in [1.165, 1.54) is 51.2 Å². The SMILES string of the molecule is COCCCN1C(=O)c2cccc3c(CC(=O)C4CCCCN4S(=O)(=O)c4cccs4)c(C)cc1c23.COCCCN1C(=O)c2cccc3c(CC(=O)C4CCCCN4S(=O)(=O)c4cccs4)cc(Br)c1c23.COCCCN1C(=O)c2cccc3c(CC(=O)C4CCCCN4S(=O)(=O)c4cccs4)cc(OC)c1c23.COCCCN1C(=O)c2cccc3c(CC(=O)C4CCCN(S(=O)(=O)c5cccs5)C4)cc(Br)c1c23. The number of piperidine rings is 4. The third-order valence-corrected chi connectivity index (χ3v) is 42.5. The molecule has 39 heteroatoms. The van der Waals surface area contributed by atoms with Crippen LogP contribution < -0.4 is 24.3 Å². The molecule has 12 aromatic rings. The molecule has 0 spiro atoms. The van der Waals surface area contributed by atoms with Crippen LogP contribution in [0.25, 0.3) is 43.1 Å². The molecule has 0 bridgehead atoms. The minimum absolute atomic E-state index is 0.0231. The fourth-order valence-corrected chi connectivity index (χ4v) is 33.8. The average Bonchev–Trinajstić information content (AvgIpc) is 1.59. The Bertz CT molecular complexity index is 7440. The van der Waals surface area contributed by atoms with E-state index in [4.69, 9.17) is 23.7 Å². The maximum absolute atomic E-state index is 13.7. The van der Waals surface area contributed by atoms with Crippen molar-refractivity contribution >= 4 is 230 Å². The first-order valence-corrected chi connectivity index (χ1v) is 59.5. The second-order valence-electron chi connectivity index (χ2n) is 37.0. The van der Waals surface area contributed by atoms with Crippen LogP contribution in [0.2, 0.25) is 0 Å². The highest BCUT2D eigenvalue weighted by Crippen LogP contribution is 2.51. The van der Waals surface area contributed by atoms with Crippen LogP contribution in [-0.2, 0) is 104 Å². The van der Waals surface area contributed by atoms with Gasteiger partial charge >= 0.3 is 0 Å². The first-order valence-electron chi connectivity index (χ1n) is 48.6. The molecule has 766 valence electrons.